The fourth-order valence-electron chi connectivity index (χ4n) is 2.01. The van der Waals surface area contributed by atoms with Crippen molar-refractivity contribution in [3.63, 3.8) is 0 Å². The quantitative estimate of drug-likeness (QED) is 0.759. The van der Waals surface area contributed by atoms with E-state index < -0.39 is 0 Å². The van der Waals surface area contributed by atoms with E-state index in [0.29, 0.717) is 5.92 Å². The van der Waals surface area contributed by atoms with Gasteiger partial charge in [0.1, 0.15) is 5.75 Å². The molecule has 2 unspecified atom stereocenters. The van der Waals surface area contributed by atoms with Crippen LogP contribution in [-0.4, -0.2) is 32.3 Å². The highest BCUT2D eigenvalue weighted by molar-refractivity contribution is 5.89. The third-order valence-corrected chi connectivity index (χ3v) is 3.18. The molecule has 1 heterocycles. The van der Waals surface area contributed by atoms with Crippen LogP contribution in [0.1, 0.15) is 6.92 Å². The zero-order chi connectivity index (χ0) is 13.0. The van der Waals surface area contributed by atoms with Crippen molar-refractivity contribution in [2.24, 2.45) is 5.92 Å². The van der Waals surface area contributed by atoms with E-state index in [4.69, 9.17) is 4.74 Å². The van der Waals surface area contributed by atoms with Gasteiger partial charge in [0, 0.05) is 18.3 Å². The predicted molar refractivity (Wildman–Crippen MR) is 71.0 cm³/mol. The van der Waals surface area contributed by atoms with Crippen molar-refractivity contribution in [3.8, 4) is 5.75 Å². The molecule has 1 aromatic carbocycles. The average molecular weight is 249 g/mol. The number of hydrogen-bond acceptors (Lipinski definition) is 3. The number of hydrogen-bond donors (Lipinski definition) is 3. The monoisotopic (exact) mass is 249 g/mol. The van der Waals surface area contributed by atoms with Gasteiger partial charge in [-0.15, -0.1) is 0 Å². The standard InChI is InChI=1S/C13H19N3O2/c1-9-7-14-8-12(9)16-13(17)15-10-3-5-11(18-2)6-4-10/h3-6,9,12,14H,7-8H2,1-2H3,(H2,15,16,17). The minimum Gasteiger partial charge on any atom is -0.497 e. The van der Waals surface area contributed by atoms with Gasteiger partial charge in [0.15, 0.2) is 0 Å². The molecule has 0 saturated carbocycles. The Morgan fingerprint density at radius 3 is 2.61 bits per heavy atom. The molecule has 5 heteroatoms. The van der Waals surface area contributed by atoms with Crippen molar-refractivity contribution in [1.29, 1.82) is 0 Å². The molecule has 1 fully saturated rings. The van der Waals surface area contributed by atoms with Crippen LogP contribution < -0.4 is 20.7 Å². The van der Waals surface area contributed by atoms with E-state index >= 15 is 0 Å². The lowest BCUT2D eigenvalue weighted by Crippen LogP contribution is -2.41. The van der Waals surface area contributed by atoms with E-state index in [1.807, 2.05) is 24.3 Å². The molecular weight excluding hydrogens is 230 g/mol. The number of benzene rings is 1. The molecule has 18 heavy (non-hydrogen) atoms. The summed E-state index contributed by atoms with van der Waals surface area (Å²) >= 11 is 0. The Morgan fingerprint density at radius 1 is 1.33 bits per heavy atom. The van der Waals surface area contributed by atoms with Crippen molar-refractivity contribution in [3.05, 3.63) is 24.3 Å². The van der Waals surface area contributed by atoms with Crippen molar-refractivity contribution in [1.82, 2.24) is 10.6 Å². The third-order valence-electron chi connectivity index (χ3n) is 3.18. The molecule has 1 aromatic rings. The molecule has 1 aliphatic rings. The maximum atomic E-state index is 11.8. The minimum atomic E-state index is -0.166. The van der Waals surface area contributed by atoms with Gasteiger partial charge in [0.2, 0.25) is 0 Å². The van der Waals surface area contributed by atoms with Crippen LogP contribution in [0, 0.1) is 5.92 Å². The summed E-state index contributed by atoms with van der Waals surface area (Å²) in [5.41, 5.74) is 0.756. The SMILES string of the molecule is COc1ccc(NC(=O)NC2CNCC2C)cc1. The number of anilines is 1. The molecule has 2 atom stereocenters. The highest BCUT2D eigenvalue weighted by atomic mass is 16.5. The fourth-order valence-corrected chi connectivity index (χ4v) is 2.01. The number of urea groups is 1. The first-order chi connectivity index (χ1) is 8.69. The maximum absolute atomic E-state index is 11.8. The van der Waals surface area contributed by atoms with Gasteiger partial charge in [0.25, 0.3) is 0 Å². The first-order valence-corrected chi connectivity index (χ1v) is 6.11. The number of amides is 2. The van der Waals surface area contributed by atoms with Gasteiger partial charge in [0.05, 0.1) is 7.11 Å². The minimum absolute atomic E-state index is 0.166. The topological polar surface area (TPSA) is 62.4 Å². The van der Waals surface area contributed by atoms with Crippen LogP contribution in [0.4, 0.5) is 10.5 Å². The van der Waals surface area contributed by atoms with Crippen LogP contribution in [0.5, 0.6) is 5.75 Å². The first kappa shape index (κ1) is 12.7. The van der Waals surface area contributed by atoms with Crippen LogP contribution in [0.2, 0.25) is 0 Å². The zero-order valence-corrected chi connectivity index (χ0v) is 10.7. The summed E-state index contributed by atoms with van der Waals surface area (Å²) < 4.78 is 5.06. The van der Waals surface area contributed by atoms with Gasteiger partial charge >= 0.3 is 6.03 Å². The molecule has 0 spiro atoms. The Morgan fingerprint density at radius 2 is 2.06 bits per heavy atom. The largest absolute Gasteiger partial charge is 0.497 e. The first-order valence-electron chi connectivity index (χ1n) is 6.11. The second-order valence-corrected chi connectivity index (χ2v) is 4.57. The second-order valence-electron chi connectivity index (χ2n) is 4.57. The van der Waals surface area contributed by atoms with E-state index in [1.165, 1.54) is 0 Å². The van der Waals surface area contributed by atoms with E-state index in [0.717, 1.165) is 24.5 Å². The number of methoxy groups -OCH3 is 1. The summed E-state index contributed by atoms with van der Waals surface area (Å²) in [6.45, 7) is 3.91. The molecule has 0 radical (unpaired) electrons. The molecule has 1 aliphatic heterocycles. The van der Waals surface area contributed by atoms with Crippen LogP contribution in [0.3, 0.4) is 0 Å². The molecule has 0 aromatic heterocycles. The Kier molecular flexibility index (Phi) is 4.04. The zero-order valence-electron chi connectivity index (χ0n) is 10.7. The Hall–Kier alpha value is -1.75. The van der Waals surface area contributed by atoms with Gasteiger partial charge < -0.3 is 20.7 Å². The highest BCUT2D eigenvalue weighted by Crippen LogP contribution is 2.15. The molecule has 1 saturated heterocycles. The lowest BCUT2D eigenvalue weighted by atomic mass is 10.1. The lowest BCUT2D eigenvalue weighted by molar-refractivity contribution is 0.247. The molecule has 3 N–H and O–H groups in total. The molecular formula is C13H19N3O2. The van der Waals surface area contributed by atoms with Crippen LogP contribution in [-0.2, 0) is 0 Å². The van der Waals surface area contributed by atoms with Gasteiger partial charge in [-0.05, 0) is 36.7 Å². The number of carbonyl (C=O) groups excluding carboxylic acids is 1. The van der Waals surface area contributed by atoms with Crippen molar-refractivity contribution in [2.75, 3.05) is 25.5 Å². The fraction of sp³-hybridized carbons (Fsp3) is 0.462. The molecule has 5 nitrogen and oxygen atoms in total. The van der Waals surface area contributed by atoms with E-state index in [-0.39, 0.29) is 12.1 Å². The van der Waals surface area contributed by atoms with Gasteiger partial charge in [-0.2, -0.15) is 0 Å². The third kappa shape index (κ3) is 3.13. The Labute approximate surface area is 107 Å². The number of carbonyl (C=O) groups is 1. The predicted octanol–water partition coefficient (Wildman–Crippen LogP) is 1.42. The molecule has 98 valence electrons. The average Bonchev–Trinajstić information content (AvgIpc) is 2.76. The Bertz CT molecular complexity index is 405. The Balaban J connectivity index is 1.86. The number of nitrogens with one attached hydrogen (secondary N) is 3. The summed E-state index contributed by atoms with van der Waals surface area (Å²) in [6, 6.07) is 7.29. The van der Waals surface area contributed by atoms with Crippen molar-refractivity contribution in [2.45, 2.75) is 13.0 Å². The van der Waals surface area contributed by atoms with E-state index in [1.54, 1.807) is 7.11 Å². The summed E-state index contributed by atoms with van der Waals surface area (Å²) in [4.78, 5) is 11.8. The molecule has 0 aliphatic carbocycles. The smallest absolute Gasteiger partial charge is 0.319 e. The molecule has 2 amide bonds. The summed E-state index contributed by atoms with van der Waals surface area (Å²) in [6.07, 6.45) is 0. The van der Waals surface area contributed by atoms with Crippen LogP contribution >= 0.6 is 0 Å². The summed E-state index contributed by atoms with van der Waals surface area (Å²) in [5, 5.41) is 9.02. The summed E-state index contributed by atoms with van der Waals surface area (Å²) in [7, 11) is 1.61. The number of ether oxygens (including phenoxy) is 1. The van der Waals surface area contributed by atoms with Gasteiger partial charge in [-0.3, -0.25) is 0 Å². The van der Waals surface area contributed by atoms with E-state index in [9.17, 15) is 4.79 Å². The lowest BCUT2D eigenvalue weighted by Gasteiger charge is -2.16. The van der Waals surface area contributed by atoms with Crippen molar-refractivity contribution < 1.29 is 9.53 Å². The van der Waals surface area contributed by atoms with Crippen LogP contribution in [0.15, 0.2) is 24.3 Å². The van der Waals surface area contributed by atoms with Gasteiger partial charge in [-0.1, -0.05) is 6.92 Å². The second kappa shape index (κ2) is 5.73. The highest BCUT2D eigenvalue weighted by Gasteiger charge is 2.24. The molecule has 0 bridgehead atoms. The molecule has 2 rings (SSSR count). The van der Waals surface area contributed by atoms with Gasteiger partial charge in [-0.25, -0.2) is 4.79 Å². The van der Waals surface area contributed by atoms with Crippen LogP contribution in [0.25, 0.3) is 0 Å². The van der Waals surface area contributed by atoms with Crippen molar-refractivity contribution >= 4 is 11.7 Å². The maximum Gasteiger partial charge on any atom is 0.319 e. The number of rotatable bonds is 3. The summed E-state index contributed by atoms with van der Waals surface area (Å²) in [5.74, 6) is 1.24. The normalized spacial score (nSPS) is 22.6. The van der Waals surface area contributed by atoms with E-state index in [2.05, 4.69) is 22.9 Å².